The van der Waals surface area contributed by atoms with Gasteiger partial charge in [-0.05, 0) is 44.0 Å². The number of nitrogens with zero attached hydrogens (tertiary/aromatic N) is 4. The first-order valence-electron chi connectivity index (χ1n) is 9.79. The van der Waals surface area contributed by atoms with Crippen LogP contribution in [0.3, 0.4) is 0 Å². The summed E-state index contributed by atoms with van der Waals surface area (Å²) in [6.07, 6.45) is 5.47. The molecule has 1 fully saturated rings. The van der Waals surface area contributed by atoms with E-state index < -0.39 is 0 Å². The van der Waals surface area contributed by atoms with Crippen molar-refractivity contribution >= 4 is 23.1 Å². The zero-order valence-electron chi connectivity index (χ0n) is 16.3. The molecule has 0 radical (unpaired) electrons. The molecule has 2 heterocycles. The second-order valence-corrected chi connectivity index (χ2v) is 7.46. The minimum Gasteiger partial charge on any atom is -0.370 e. The van der Waals surface area contributed by atoms with Crippen molar-refractivity contribution in [2.75, 3.05) is 23.8 Å². The standard InChI is InChI=1S/C21H26N6O/c1-15(26(2)18-9-4-3-5-10-18)13-22-21(28)23-17-11-12-19-24-25-20(27(19)14-17)16-7-6-8-16/h3-5,9-12,14-16H,6-8,13H2,1-2H3,(H2,22,23,28). The number of carbonyl (C=O) groups is 1. The number of fused-ring (bicyclic) bond motifs is 1. The Balaban J connectivity index is 1.35. The molecule has 2 aromatic heterocycles. The lowest BCUT2D eigenvalue weighted by Gasteiger charge is -2.27. The Labute approximate surface area is 164 Å². The number of rotatable bonds is 6. The summed E-state index contributed by atoms with van der Waals surface area (Å²) in [7, 11) is 2.03. The van der Waals surface area contributed by atoms with E-state index in [1.54, 1.807) is 0 Å². The van der Waals surface area contributed by atoms with E-state index in [4.69, 9.17) is 0 Å². The number of carbonyl (C=O) groups excluding carboxylic acids is 1. The van der Waals surface area contributed by atoms with E-state index in [2.05, 4.69) is 44.8 Å². The molecule has 28 heavy (non-hydrogen) atoms. The molecule has 1 aliphatic rings. The molecule has 2 N–H and O–H groups in total. The summed E-state index contributed by atoms with van der Waals surface area (Å²) in [5.41, 5.74) is 2.67. The van der Waals surface area contributed by atoms with Crippen LogP contribution in [0.1, 0.15) is 37.9 Å². The van der Waals surface area contributed by atoms with Crippen molar-refractivity contribution < 1.29 is 4.79 Å². The number of benzene rings is 1. The van der Waals surface area contributed by atoms with Crippen molar-refractivity contribution in [1.82, 2.24) is 19.9 Å². The summed E-state index contributed by atoms with van der Waals surface area (Å²) in [5.74, 6) is 1.47. The molecule has 0 bridgehead atoms. The number of para-hydroxylation sites is 1. The first-order chi connectivity index (χ1) is 13.6. The van der Waals surface area contributed by atoms with Crippen LogP contribution < -0.4 is 15.5 Å². The first-order valence-corrected chi connectivity index (χ1v) is 9.79. The van der Waals surface area contributed by atoms with Crippen molar-refractivity contribution in [3.63, 3.8) is 0 Å². The van der Waals surface area contributed by atoms with Gasteiger partial charge in [-0.2, -0.15) is 0 Å². The third-order valence-corrected chi connectivity index (χ3v) is 5.54. The van der Waals surface area contributed by atoms with Crippen molar-refractivity contribution in [3.8, 4) is 0 Å². The third-order valence-electron chi connectivity index (χ3n) is 5.54. The third kappa shape index (κ3) is 3.78. The second-order valence-electron chi connectivity index (χ2n) is 7.46. The Hall–Kier alpha value is -3.09. The van der Waals surface area contributed by atoms with Gasteiger partial charge in [0.15, 0.2) is 5.65 Å². The number of anilines is 2. The van der Waals surface area contributed by atoms with Gasteiger partial charge < -0.3 is 15.5 Å². The SMILES string of the molecule is CC(CNC(=O)Nc1ccc2nnc(C3CCC3)n2c1)N(C)c1ccccc1. The van der Waals surface area contributed by atoms with E-state index in [0.29, 0.717) is 12.5 Å². The fourth-order valence-corrected chi connectivity index (χ4v) is 3.40. The van der Waals surface area contributed by atoms with Crippen LogP contribution >= 0.6 is 0 Å². The normalized spacial score (nSPS) is 15.1. The number of hydrogen-bond acceptors (Lipinski definition) is 4. The molecule has 1 unspecified atom stereocenters. The van der Waals surface area contributed by atoms with Crippen LogP contribution in [0.4, 0.5) is 16.2 Å². The van der Waals surface area contributed by atoms with E-state index in [9.17, 15) is 4.79 Å². The summed E-state index contributed by atoms with van der Waals surface area (Å²) in [6, 6.07) is 13.8. The van der Waals surface area contributed by atoms with Gasteiger partial charge in [0, 0.05) is 37.4 Å². The van der Waals surface area contributed by atoms with Gasteiger partial charge in [0.25, 0.3) is 0 Å². The number of likely N-dealkylation sites (N-methyl/N-ethyl adjacent to an activating group) is 1. The van der Waals surface area contributed by atoms with E-state index >= 15 is 0 Å². The van der Waals surface area contributed by atoms with Gasteiger partial charge in [-0.1, -0.05) is 24.6 Å². The zero-order valence-corrected chi connectivity index (χ0v) is 16.3. The van der Waals surface area contributed by atoms with Crippen LogP contribution in [0, 0.1) is 0 Å². The average molecular weight is 378 g/mol. The quantitative estimate of drug-likeness (QED) is 0.687. The van der Waals surface area contributed by atoms with Crippen molar-refractivity contribution in [3.05, 3.63) is 54.5 Å². The first kappa shape index (κ1) is 18.3. The highest BCUT2D eigenvalue weighted by Crippen LogP contribution is 2.35. The molecule has 2 amide bonds. The van der Waals surface area contributed by atoms with E-state index in [0.717, 1.165) is 35.7 Å². The minimum atomic E-state index is -0.217. The maximum Gasteiger partial charge on any atom is 0.319 e. The Kier molecular flexibility index (Phi) is 5.14. The molecule has 0 spiro atoms. The Morgan fingerprint density at radius 3 is 2.71 bits per heavy atom. The molecule has 1 saturated carbocycles. The lowest BCUT2D eigenvalue weighted by molar-refractivity contribution is 0.251. The Morgan fingerprint density at radius 1 is 1.21 bits per heavy atom. The molecule has 3 aromatic rings. The number of aromatic nitrogens is 3. The van der Waals surface area contributed by atoms with Crippen molar-refractivity contribution in [2.45, 2.75) is 38.1 Å². The van der Waals surface area contributed by atoms with Crippen LogP contribution in [-0.2, 0) is 0 Å². The molecule has 4 rings (SSSR count). The zero-order chi connectivity index (χ0) is 19.5. The molecule has 1 atom stereocenters. The summed E-state index contributed by atoms with van der Waals surface area (Å²) < 4.78 is 1.99. The summed E-state index contributed by atoms with van der Waals surface area (Å²) in [5, 5.41) is 14.4. The van der Waals surface area contributed by atoms with Crippen LogP contribution in [0.15, 0.2) is 48.7 Å². The van der Waals surface area contributed by atoms with Crippen LogP contribution in [-0.4, -0.2) is 40.3 Å². The van der Waals surface area contributed by atoms with Gasteiger partial charge in [0.1, 0.15) is 5.82 Å². The minimum absolute atomic E-state index is 0.165. The lowest BCUT2D eigenvalue weighted by Crippen LogP contribution is -2.41. The summed E-state index contributed by atoms with van der Waals surface area (Å²) >= 11 is 0. The fraction of sp³-hybridized carbons (Fsp3) is 0.381. The average Bonchev–Trinajstić information content (AvgIpc) is 3.08. The van der Waals surface area contributed by atoms with Crippen LogP contribution in [0.25, 0.3) is 5.65 Å². The highest BCUT2D eigenvalue weighted by molar-refractivity contribution is 5.89. The monoisotopic (exact) mass is 378 g/mol. The molecule has 146 valence electrons. The fourth-order valence-electron chi connectivity index (χ4n) is 3.40. The van der Waals surface area contributed by atoms with Crippen LogP contribution in [0.2, 0.25) is 0 Å². The maximum atomic E-state index is 12.4. The van der Waals surface area contributed by atoms with Gasteiger partial charge in [-0.15, -0.1) is 10.2 Å². The predicted molar refractivity (Wildman–Crippen MR) is 111 cm³/mol. The maximum absolute atomic E-state index is 12.4. The Bertz CT molecular complexity index is 950. The second kappa shape index (κ2) is 7.88. The summed E-state index contributed by atoms with van der Waals surface area (Å²) in [6.45, 7) is 2.63. The van der Waals surface area contributed by atoms with Gasteiger partial charge >= 0.3 is 6.03 Å². The van der Waals surface area contributed by atoms with Gasteiger partial charge in [-0.25, -0.2) is 4.79 Å². The van der Waals surface area contributed by atoms with E-state index in [1.165, 1.54) is 6.42 Å². The molecule has 1 aromatic carbocycles. The molecule has 0 aliphatic heterocycles. The highest BCUT2D eigenvalue weighted by atomic mass is 16.2. The summed E-state index contributed by atoms with van der Waals surface area (Å²) in [4.78, 5) is 14.5. The molecule has 7 nitrogen and oxygen atoms in total. The number of pyridine rings is 1. The number of nitrogens with one attached hydrogen (secondary N) is 2. The molecule has 1 aliphatic carbocycles. The molecular formula is C21H26N6O. The van der Waals surface area contributed by atoms with Crippen molar-refractivity contribution in [2.24, 2.45) is 0 Å². The van der Waals surface area contributed by atoms with Gasteiger partial charge in [0.2, 0.25) is 0 Å². The highest BCUT2D eigenvalue weighted by Gasteiger charge is 2.24. The number of amides is 2. The van der Waals surface area contributed by atoms with Gasteiger partial charge in [0.05, 0.1) is 5.69 Å². The largest absolute Gasteiger partial charge is 0.370 e. The topological polar surface area (TPSA) is 74.6 Å². The molecule has 0 saturated heterocycles. The molecule has 7 heteroatoms. The lowest BCUT2D eigenvalue weighted by atomic mass is 9.85. The van der Waals surface area contributed by atoms with Crippen molar-refractivity contribution in [1.29, 1.82) is 0 Å². The predicted octanol–water partition coefficient (Wildman–Crippen LogP) is 3.64. The number of urea groups is 1. The van der Waals surface area contributed by atoms with Gasteiger partial charge in [-0.3, -0.25) is 4.40 Å². The molecular weight excluding hydrogens is 352 g/mol. The number of hydrogen-bond donors (Lipinski definition) is 2. The van der Waals surface area contributed by atoms with Crippen LogP contribution in [0.5, 0.6) is 0 Å². The smallest absolute Gasteiger partial charge is 0.319 e. The van der Waals surface area contributed by atoms with E-state index in [1.807, 2.05) is 48.0 Å². The van der Waals surface area contributed by atoms with E-state index in [-0.39, 0.29) is 12.1 Å². The Morgan fingerprint density at radius 2 is 2.00 bits per heavy atom.